The molecular formula is C11H14N6O. The molecule has 5 N–H and O–H groups in total. The van der Waals surface area contributed by atoms with Crippen molar-refractivity contribution in [1.29, 1.82) is 0 Å². The van der Waals surface area contributed by atoms with Gasteiger partial charge in [-0.15, -0.1) is 0 Å². The number of pyridine rings is 1. The van der Waals surface area contributed by atoms with Gasteiger partial charge in [-0.1, -0.05) is 0 Å². The molecule has 7 nitrogen and oxygen atoms in total. The number of primary amides is 1. The van der Waals surface area contributed by atoms with Crippen LogP contribution in [-0.2, 0) is 13.6 Å². The SMILES string of the molecule is Cn1ncc(CNc2ncccc2C(N)=O)c1N. The summed E-state index contributed by atoms with van der Waals surface area (Å²) >= 11 is 0. The highest BCUT2D eigenvalue weighted by molar-refractivity contribution is 5.97. The second-order valence-corrected chi connectivity index (χ2v) is 3.80. The Morgan fingerprint density at radius 1 is 1.56 bits per heavy atom. The van der Waals surface area contributed by atoms with Crippen molar-refractivity contribution in [3.05, 3.63) is 35.7 Å². The molecular weight excluding hydrogens is 232 g/mol. The Hall–Kier alpha value is -2.57. The van der Waals surface area contributed by atoms with E-state index in [1.807, 2.05) is 0 Å². The smallest absolute Gasteiger partial charge is 0.252 e. The molecule has 0 atom stereocenters. The van der Waals surface area contributed by atoms with E-state index >= 15 is 0 Å². The highest BCUT2D eigenvalue weighted by Gasteiger charge is 2.10. The number of carbonyl (C=O) groups excluding carboxylic acids is 1. The van der Waals surface area contributed by atoms with Crippen LogP contribution in [0, 0.1) is 0 Å². The fourth-order valence-corrected chi connectivity index (χ4v) is 1.55. The quantitative estimate of drug-likeness (QED) is 0.708. The van der Waals surface area contributed by atoms with Gasteiger partial charge in [0.15, 0.2) is 0 Å². The number of nitrogens with zero attached hydrogens (tertiary/aromatic N) is 3. The van der Waals surface area contributed by atoms with Crippen LogP contribution in [0.2, 0.25) is 0 Å². The van der Waals surface area contributed by atoms with Crippen molar-refractivity contribution < 1.29 is 4.79 Å². The van der Waals surface area contributed by atoms with Crippen molar-refractivity contribution in [3.63, 3.8) is 0 Å². The summed E-state index contributed by atoms with van der Waals surface area (Å²) in [6, 6.07) is 3.27. The van der Waals surface area contributed by atoms with Crippen LogP contribution in [0.5, 0.6) is 0 Å². The Kier molecular flexibility index (Phi) is 3.13. The minimum Gasteiger partial charge on any atom is -0.384 e. The van der Waals surface area contributed by atoms with Crippen molar-refractivity contribution in [2.24, 2.45) is 12.8 Å². The van der Waals surface area contributed by atoms with Crippen LogP contribution in [0.4, 0.5) is 11.6 Å². The van der Waals surface area contributed by atoms with E-state index in [-0.39, 0.29) is 0 Å². The number of amides is 1. The normalized spacial score (nSPS) is 10.3. The zero-order chi connectivity index (χ0) is 13.1. The first-order valence-electron chi connectivity index (χ1n) is 5.34. The van der Waals surface area contributed by atoms with Gasteiger partial charge < -0.3 is 16.8 Å². The Morgan fingerprint density at radius 3 is 2.94 bits per heavy atom. The van der Waals surface area contributed by atoms with E-state index in [4.69, 9.17) is 11.5 Å². The minimum atomic E-state index is -0.523. The van der Waals surface area contributed by atoms with Crippen molar-refractivity contribution in [3.8, 4) is 0 Å². The molecule has 2 aromatic heterocycles. The average Bonchev–Trinajstić information content (AvgIpc) is 2.68. The molecule has 0 saturated carbocycles. The summed E-state index contributed by atoms with van der Waals surface area (Å²) in [6.07, 6.45) is 3.25. The van der Waals surface area contributed by atoms with E-state index < -0.39 is 5.91 Å². The summed E-state index contributed by atoms with van der Waals surface area (Å²) in [5.41, 5.74) is 12.2. The maximum Gasteiger partial charge on any atom is 0.252 e. The van der Waals surface area contributed by atoms with Crippen molar-refractivity contribution >= 4 is 17.5 Å². The van der Waals surface area contributed by atoms with E-state index in [0.717, 1.165) is 5.56 Å². The number of rotatable bonds is 4. The van der Waals surface area contributed by atoms with Gasteiger partial charge in [-0.25, -0.2) is 4.98 Å². The molecule has 0 aromatic carbocycles. The van der Waals surface area contributed by atoms with Crippen LogP contribution >= 0.6 is 0 Å². The summed E-state index contributed by atoms with van der Waals surface area (Å²) in [4.78, 5) is 15.3. The third kappa shape index (κ3) is 2.24. The van der Waals surface area contributed by atoms with Crippen molar-refractivity contribution in [1.82, 2.24) is 14.8 Å². The van der Waals surface area contributed by atoms with Gasteiger partial charge in [0.1, 0.15) is 11.6 Å². The molecule has 0 bridgehead atoms. The van der Waals surface area contributed by atoms with Gasteiger partial charge >= 0.3 is 0 Å². The predicted molar refractivity (Wildman–Crippen MR) is 67.7 cm³/mol. The number of carbonyl (C=O) groups is 1. The number of aromatic nitrogens is 3. The highest BCUT2D eigenvalue weighted by atomic mass is 16.1. The van der Waals surface area contributed by atoms with E-state index in [9.17, 15) is 4.79 Å². The Morgan fingerprint density at radius 2 is 2.33 bits per heavy atom. The highest BCUT2D eigenvalue weighted by Crippen LogP contribution is 2.14. The molecule has 1 amide bonds. The first kappa shape index (κ1) is 11.9. The summed E-state index contributed by atoms with van der Waals surface area (Å²) in [5.74, 6) is 0.483. The molecule has 0 fully saturated rings. The third-order valence-electron chi connectivity index (χ3n) is 2.58. The average molecular weight is 246 g/mol. The lowest BCUT2D eigenvalue weighted by molar-refractivity contribution is 0.100. The minimum absolute atomic E-state index is 0.347. The number of nitrogens with one attached hydrogen (secondary N) is 1. The molecule has 0 unspecified atom stereocenters. The molecule has 0 spiro atoms. The molecule has 0 radical (unpaired) electrons. The lowest BCUT2D eigenvalue weighted by atomic mass is 10.2. The maximum absolute atomic E-state index is 11.2. The number of nitrogens with two attached hydrogens (primary N) is 2. The Labute approximate surface area is 104 Å². The van der Waals surface area contributed by atoms with Gasteiger partial charge in [0, 0.05) is 25.4 Å². The van der Waals surface area contributed by atoms with Crippen LogP contribution in [-0.4, -0.2) is 20.7 Å². The van der Waals surface area contributed by atoms with E-state index in [1.54, 1.807) is 36.3 Å². The summed E-state index contributed by atoms with van der Waals surface area (Å²) in [6.45, 7) is 0.428. The van der Waals surface area contributed by atoms with Gasteiger partial charge in [-0.05, 0) is 12.1 Å². The molecule has 0 aliphatic carbocycles. The largest absolute Gasteiger partial charge is 0.384 e. The second-order valence-electron chi connectivity index (χ2n) is 3.80. The zero-order valence-electron chi connectivity index (χ0n) is 9.92. The number of nitrogen functional groups attached to an aromatic ring is 1. The monoisotopic (exact) mass is 246 g/mol. The number of hydrogen-bond donors (Lipinski definition) is 3. The van der Waals surface area contributed by atoms with Gasteiger partial charge in [0.05, 0.1) is 11.8 Å². The van der Waals surface area contributed by atoms with Gasteiger partial charge in [0.2, 0.25) is 0 Å². The van der Waals surface area contributed by atoms with Crippen molar-refractivity contribution in [2.75, 3.05) is 11.1 Å². The molecule has 0 aliphatic heterocycles. The molecule has 0 aliphatic rings. The first-order valence-corrected chi connectivity index (χ1v) is 5.34. The molecule has 2 aromatic rings. The molecule has 0 saturated heterocycles. The lowest BCUT2D eigenvalue weighted by Gasteiger charge is -2.08. The predicted octanol–water partition coefficient (Wildman–Crippen LogP) is 0.108. The topological polar surface area (TPSA) is 112 Å². The lowest BCUT2D eigenvalue weighted by Crippen LogP contribution is -2.15. The van der Waals surface area contributed by atoms with Crippen LogP contribution in [0.25, 0.3) is 0 Å². The van der Waals surface area contributed by atoms with Crippen molar-refractivity contribution in [2.45, 2.75) is 6.54 Å². The Bertz CT molecular complexity index is 577. The fraction of sp³-hybridized carbons (Fsp3) is 0.182. The molecule has 2 heterocycles. The molecule has 94 valence electrons. The molecule has 18 heavy (non-hydrogen) atoms. The van der Waals surface area contributed by atoms with Crippen LogP contribution in [0.15, 0.2) is 24.5 Å². The number of hydrogen-bond acceptors (Lipinski definition) is 5. The second kappa shape index (κ2) is 4.74. The third-order valence-corrected chi connectivity index (χ3v) is 2.58. The summed E-state index contributed by atoms with van der Waals surface area (Å²) in [7, 11) is 1.76. The van der Waals surface area contributed by atoms with Crippen LogP contribution < -0.4 is 16.8 Å². The summed E-state index contributed by atoms with van der Waals surface area (Å²) in [5, 5.41) is 7.05. The zero-order valence-corrected chi connectivity index (χ0v) is 9.92. The van der Waals surface area contributed by atoms with Gasteiger partial charge in [0.25, 0.3) is 5.91 Å². The van der Waals surface area contributed by atoms with Crippen LogP contribution in [0.3, 0.4) is 0 Å². The maximum atomic E-state index is 11.2. The standard InChI is InChI=1S/C11H14N6O/c1-17-9(12)7(6-16-17)5-15-11-8(10(13)18)3-2-4-14-11/h2-4,6H,5,12H2,1H3,(H2,13,18)(H,14,15). The Balaban J connectivity index is 2.16. The number of anilines is 2. The van der Waals surface area contributed by atoms with E-state index in [1.165, 1.54) is 0 Å². The summed E-state index contributed by atoms with van der Waals surface area (Å²) < 4.78 is 1.57. The fourth-order valence-electron chi connectivity index (χ4n) is 1.55. The van der Waals surface area contributed by atoms with E-state index in [0.29, 0.717) is 23.7 Å². The molecule has 2 rings (SSSR count). The van der Waals surface area contributed by atoms with Crippen LogP contribution in [0.1, 0.15) is 15.9 Å². The van der Waals surface area contributed by atoms with Gasteiger partial charge in [-0.3, -0.25) is 9.48 Å². The number of aryl methyl sites for hydroxylation is 1. The molecule has 7 heteroatoms. The first-order chi connectivity index (χ1) is 8.59. The van der Waals surface area contributed by atoms with E-state index in [2.05, 4.69) is 15.4 Å². The van der Waals surface area contributed by atoms with Gasteiger partial charge in [-0.2, -0.15) is 5.10 Å².